The number of aryl methyl sites for hydroxylation is 1. The molecule has 3 nitrogen and oxygen atoms in total. The van der Waals surface area contributed by atoms with E-state index in [1.54, 1.807) is 23.5 Å². The van der Waals surface area contributed by atoms with Gasteiger partial charge < -0.3 is 5.32 Å². The SMILES string of the molecule is Cc1cccc(C(=O)Nc2ccc(-c3nc4ccccc4s3)c(Cl)c2)c1. The van der Waals surface area contributed by atoms with Crippen molar-refractivity contribution in [2.45, 2.75) is 6.92 Å². The fourth-order valence-electron chi connectivity index (χ4n) is 2.74. The lowest BCUT2D eigenvalue weighted by Gasteiger charge is -2.08. The third-order valence-electron chi connectivity index (χ3n) is 4.03. The molecular formula is C21H15ClN2OS. The van der Waals surface area contributed by atoms with E-state index in [2.05, 4.69) is 10.3 Å². The molecule has 128 valence electrons. The Morgan fingerprint density at radius 2 is 1.88 bits per heavy atom. The molecule has 0 saturated carbocycles. The summed E-state index contributed by atoms with van der Waals surface area (Å²) in [6, 6.07) is 21.0. The highest BCUT2D eigenvalue weighted by molar-refractivity contribution is 7.21. The van der Waals surface area contributed by atoms with E-state index in [0.717, 1.165) is 26.4 Å². The Labute approximate surface area is 160 Å². The highest BCUT2D eigenvalue weighted by Crippen LogP contribution is 2.35. The van der Waals surface area contributed by atoms with Gasteiger partial charge in [0.1, 0.15) is 5.01 Å². The number of amides is 1. The Kier molecular flexibility index (Phi) is 4.45. The first-order valence-electron chi connectivity index (χ1n) is 8.14. The lowest BCUT2D eigenvalue weighted by molar-refractivity contribution is 0.102. The number of rotatable bonds is 3. The molecule has 4 rings (SSSR count). The van der Waals surface area contributed by atoms with Crippen LogP contribution in [-0.2, 0) is 0 Å². The molecule has 0 fully saturated rings. The lowest BCUT2D eigenvalue weighted by Crippen LogP contribution is -2.11. The summed E-state index contributed by atoms with van der Waals surface area (Å²) in [5, 5.41) is 4.32. The molecule has 1 N–H and O–H groups in total. The average molecular weight is 379 g/mol. The number of hydrogen-bond donors (Lipinski definition) is 1. The van der Waals surface area contributed by atoms with Gasteiger partial charge in [-0.3, -0.25) is 4.79 Å². The summed E-state index contributed by atoms with van der Waals surface area (Å²) in [5.41, 5.74) is 4.14. The largest absolute Gasteiger partial charge is 0.322 e. The standard InChI is InChI=1S/C21H15ClN2OS/c1-13-5-4-6-14(11-13)20(25)23-15-9-10-16(17(22)12-15)21-24-18-7-2-3-8-19(18)26-21/h2-12H,1H3,(H,23,25). The van der Waals surface area contributed by atoms with Crippen molar-refractivity contribution in [2.75, 3.05) is 5.32 Å². The van der Waals surface area contributed by atoms with Crippen molar-refractivity contribution in [2.24, 2.45) is 0 Å². The van der Waals surface area contributed by atoms with Gasteiger partial charge in [-0.25, -0.2) is 4.98 Å². The number of aromatic nitrogens is 1. The van der Waals surface area contributed by atoms with Crippen molar-refractivity contribution in [1.29, 1.82) is 0 Å². The van der Waals surface area contributed by atoms with Crippen LogP contribution in [0.3, 0.4) is 0 Å². The van der Waals surface area contributed by atoms with Gasteiger partial charge in [0, 0.05) is 16.8 Å². The van der Waals surface area contributed by atoms with E-state index in [1.165, 1.54) is 0 Å². The van der Waals surface area contributed by atoms with Crippen LogP contribution in [0, 0.1) is 6.92 Å². The van der Waals surface area contributed by atoms with E-state index in [4.69, 9.17) is 11.6 Å². The van der Waals surface area contributed by atoms with Gasteiger partial charge >= 0.3 is 0 Å². The maximum absolute atomic E-state index is 12.4. The minimum atomic E-state index is -0.155. The Hall–Kier alpha value is -2.69. The second-order valence-electron chi connectivity index (χ2n) is 6.00. The molecular weight excluding hydrogens is 364 g/mol. The molecule has 0 aliphatic heterocycles. The molecule has 0 saturated heterocycles. The summed E-state index contributed by atoms with van der Waals surface area (Å²) in [7, 11) is 0. The molecule has 0 spiro atoms. The fraction of sp³-hybridized carbons (Fsp3) is 0.0476. The minimum absolute atomic E-state index is 0.155. The number of nitrogens with zero attached hydrogens (tertiary/aromatic N) is 1. The van der Waals surface area contributed by atoms with Crippen molar-refractivity contribution in [3.05, 3.63) is 82.9 Å². The van der Waals surface area contributed by atoms with Crippen molar-refractivity contribution in [3.8, 4) is 10.6 Å². The first-order valence-corrected chi connectivity index (χ1v) is 9.33. The van der Waals surface area contributed by atoms with Crippen molar-refractivity contribution >= 4 is 44.7 Å². The second-order valence-corrected chi connectivity index (χ2v) is 7.44. The summed E-state index contributed by atoms with van der Waals surface area (Å²) in [5.74, 6) is -0.155. The van der Waals surface area contributed by atoms with E-state index in [-0.39, 0.29) is 5.91 Å². The zero-order valence-corrected chi connectivity index (χ0v) is 15.6. The fourth-order valence-corrected chi connectivity index (χ4v) is 4.07. The summed E-state index contributed by atoms with van der Waals surface area (Å²) in [6.07, 6.45) is 0. The normalized spacial score (nSPS) is 10.8. The topological polar surface area (TPSA) is 42.0 Å². The third kappa shape index (κ3) is 3.34. The van der Waals surface area contributed by atoms with Crippen LogP contribution in [0.5, 0.6) is 0 Å². The first-order chi connectivity index (χ1) is 12.6. The van der Waals surface area contributed by atoms with Crippen molar-refractivity contribution in [1.82, 2.24) is 4.98 Å². The Bertz CT molecular complexity index is 1090. The molecule has 1 amide bonds. The number of nitrogens with one attached hydrogen (secondary N) is 1. The van der Waals surface area contributed by atoms with Crippen LogP contribution in [-0.4, -0.2) is 10.9 Å². The smallest absolute Gasteiger partial charge is 0.255 e. The molecule has 1 heterocycles. The molecule has 5 heteroatoms. The first kappa shape index (κ1) is 16.8. The van der Waals surface area contributed by atoms with Gasteiger partial charge in [0.05, 0.1) is 15.2 Å². The predicted octanol–water partition coefficient (Wildman–Crippen LogP) is 6.18. The Morgan fingerprint density at radius 1 is 1.04 bits per heavy atom. The number of benzene rings is 3. The van der Waals surface area contributed by atoms with Gasteiger partial charge in [0.2, 0.25) is 0 Å². The molecule has 0 bridgehead atoms. The maximum Gasteiger partial charge on any atom is 0.255 e. The zero-order chi connectivity index (χ0) is 18.1. The number of carbonyl (C=O) groups is 1. The van der Waals surface area contributed by atoms with E-state index in [0.29, 0.717) is 16.3 Å². The summed E-state index contributed by atoms with van der Waals surface area (Å²) in [6.45, 7) is 1.96. The van der Waals surface area contributed by atoms with E-state index < -0.39 is 0 Å². The second kappa shape index (κ2) is 6.90. The Morgan fingerprint density at radius 3 is 2.65 bits per heavy atom. The van der Waals surface area contributed by atoms with Gasteiger partial charge in [-0.2, -0.15) is 0 Å². The number of halogens is 1. The van der Waals surface area contributed by atoms with Gasteiger partial charge in [0.15, 0.2) is 0 Å². The highest BCUT2D eigenvalue weighted by Gasteiger charge is 2.12. The number of thiazole rings is 1. The molecule has 0 atom stereocenters. The summed E-state index contributed by atoms with van der Waals surface area (Å²) >= 11 is 8.06. The summed E-state index contributed by atoms with van der Waals surface area (Å²) in [4.78, 5) is 17.0. The number of anilines is 1. The lowest BCUT2D eigenvalue weighted by atomic mass is 10.1. The van der Waals surface area contributed by atoms with Crippen LogP contribution in [0.1, 0.15) is 15.9 Å². The average Bonchev–Trinajstić information content (AvgIpc) is 3.05. The van der Waals surface area contributed by atoms with E-state index >= 15 is 0 Å². The van der Waals surface area contributed by atoms with Crippen LogP contribution >= 0.6 is 22.9 Å². The quantitative estimate of drug-likeness (QED) is 0.462. The van der Waals surface area contributed by atoms with Gasteiger partial charge in [-0.1, -0.05) is 41.4 Å². The number of carbonyl (C=O) groups excluding carboxylic acids is 1. The molecule has 1 aromatic heterocycles. The number of hydrogen-bond acceptors (Lipinski definition) is 3. The third-order valence-corrected chi connectivity index (χ3v) is 5.41. The van der Waals surface area contributed by atoms with Gasteiger partial charge in [-0.05, 0) is 49.4 Å². The van der Waals surface area contributed by atoms with Crippen LogP contribution in [0.25, 0.3) is 20.8 Å². The van der Waals surface area contributed by atoms with Crippen molar-refractivity contribution < 1.29 is 4.79 Å². The maximum atomic E-state index is 12.4. The highest BCUT2D eigenvalue weighted by atomic mass is 35.5. The van der Waals surface area contributed by atoms with E-state index in [1.807, 2.05) is 61.5 Å². The number of para-hydroxylation sites is 1. The molecule has 26 heavy (non-hydrogen) atoms. The molecule has 3 aromatic carbocycles. The van der Waals surface area contributed by atoms with Crippen LogP contribution in [0.4, 0.5) is 5.69 Å². The zero-order valence-electron chi connectivity index (χ0n) is 14.0. The Balaban J connectivity index is 1.60. The molecule has 0 unspecified atom stereocenters. The van der Waals surface area contributed by atoms with E-state index in [9.17, 15) is 4.79 Å². The number of fused-ring (bicyclic) bond motifs is 1. The predicted molar refractivity (Wildman–Crippen MR) is 109 cm³/mol. The monoisotopic (exact) mass is 378 g/mol. The van der Waals surface area contributed by atoms with Crippen LogP contribution < -0.4 is 5.32 Å². The minimum Gasteiger partial charge on any atom is -0.322 e. The van der Waals surface area contributed by atoms with Gasteiger partial charge in [0.25, 0.3) is 5.91 Å². The molecule has 0 radical (unpaired) electrons. The molecule has 0 aliphatic rings. The van der Waals surface area contributed by atoms with Crippen molar-refractivity contribution in [3.63, 3.8) is 0 Å². The van der Waals surface area contributed by atoms with Crippen LogP contribution in [0.2, 0.25) is 5.02 Å². The molecule has 0 aliphatic carbocycles. The molecule has 4 aromatic rings. The van der Waals surface area contributed by atoms with Gasteiger partial charge in [-0.15, -0.1) is 11.3 Å². The summed E-state index contributed by atoms with van der Waals surface area (Å²) < 4.78 is 1.12. The van der Waals surface area contributed by atoms with Crippen LogP contribution in [0.15, 0.2) is 66.7 Å².